The van der Waals surface area contributed by atoms with Gasteiger partial charge in [0.15, 0.2) is 17.5 Å². The van der Waals surface area contributed by atoms with Crippen LogP contribution >= 0.6 is 11.3 Å². The van der Waals surface area contributed by atoms with E-state index in [2.05, 4.69) is 25.1 Å². The van der Waals surface area contributed by atoms with E-state index >= 15 is 0 Å². The minimum Gasteiger partial charge on any atom is -0.490 e. The number of nitrogen functional groups attached to an aromatic ring is 1. The van der Waals surface area contributed by atoms with Crippen LogP contribution in [0, 0.1) is 0 Å². The van der Waals surface area contributed by atoms with Gasteiger partial charge in [0.2, 0.25) is 0 Å². The lowest BCUT2D eigenvalue weighted by molar-refractivity contribution is -0.218. The fourth-order valence-electron chi connectivity index (χ4n) is 3.87. The number of aromatic nitrogens is 1. The van der Waals surface area contributed by atoms with E-state index in [1.807, 2.05) is 18.2 Å². The SMILES string of the molecule is CC1(C)[C@H](NC(=O)/C(=N\OCCOc2ccc3c(c2)CCNC3)c2csc(N)n2)C(=O)N1OS(=O)(=O)O. The Bertz CT molecular complexity index is 1330. The first-order chi connectivity index (χ1) is 17.5. The number of nitrogens with one attached hydrogen (secondary N) is 2. The summed E-state index contributed by atoms with van der Waals surface area (Å²) >= 11 is 1.08. The third-order valence-corrected chi connectivity index (χ3v) is 6.78. The number of amides is 2. The molecule has 5 N–H and O–H groups in total. The molecule has 1 atom stereocenters. The average Bonchev–Trinajstić information content (AvgIpc) is 3.27. The number of benzene rings is 1. The molecule has 0 saturated carbocycles. The first-order valence-electron chi connectivity index (χ1n) is 11.1. The standard InChI is InChI=1S/C21H26N6O8S2/c1-21(2)17(19(29)27(21)35-37(30,31)32)25-18(28)16(15-11-36-20(22)24-15)26-34-8-7-33-14-4-3-13-10-23-6-5-12(13)9-14/h3-4,9,11,17,23H,5-8,10H2,1-2H3,(H2,22,24)(H,25,28)(H,30,31,32)/b26-16-/t17-/m1/s1. The summed E-state index contributed by atoms with van der Waals surface area (Å²) in [6.07, 6.45) is 0.919. The molecule has 1 aromatic heterocycles. The van der Waals surface area contributed by atoms with Crippen LogP contribution in [-0.2, 0) is 42.1 Å². The van der Waals surface area contributed by atoms with Gasteiger partial charge in [-0.2, -0.15) is 13.5 Å². The first-order valence-corrected chi connectivity index (χ1v) is 13.4. The summed E-state index contributed by atoms with van der Waals surface area (Å²) in [6, 6.07) is 4.70. The summed E-state index contributed by atoms with van der Waals surface area (Å²) in [4.78, 5) is 34.7. The summed E-state index contributed by atoms with van der Waals surface area (Å²) in [5.74, 6) is -1.00. The van der Waals surface area contributed by atoms with Gasteiger partial charge in [-0.05, 0) is 50.1 Å². The number of nitrogens with zero attached hydrogens (tertiary/aromatic N) is 3. The Balaban J connectivity index is 1.38. The number of rotatable bonds is 10. The van der Waals surface area contributed by atoms with Gasteiger partial charge in [-0.3, -0.25) is 14.1 Å². The van der Waals surface area contributed by atoms with Crippen molar-refractivity contribution in [2.75, 3.05) is 25.5 Å². The summed E-state index contributed by atoms with van der Waals surface area (Å²) in [7, 11) is -4.93. The Labute approximate surface area is 216 Å². The van der Waals surface area contributed by atoms with Gasteiger partial charge < -0.3 is 25.9 Å². The number of carbonyl (C=O) groups excluding carboxylic acids is 2. The number of carbonyl (C=O) groups is 2. The van der Waals surface area contributed by atoms with Gasteiger partial charge >= 0.3 is 10.4 Å². The predicted molar refractivity (Wildman–Crippen MR) is 132 cm³/mol. The molecule has 200 valence electrons. The number of hydroxylamine groups is 2. The van der Waals surface area contributed by atoms with Crippen LogP contribution < -0.4 is 21.1 Å². The molecule has 0 radical (unpaired) electrons. The van der Waals surface area contributed by atoms with Crippen molar-refractivity contribution < 1.29 is 36.4 Å². The van der Waals surface area contributed by atoms with E-state index in [4.69, 9.17) is 19.9 Å². The second kappa shape index (κ2) is 10.6. The van der Waals surface area contributed by atoms with Gasteiger partial charge in [0.05, 0.1) is 5.54 Å². The minimum atomic E-state index is -4.93. The average molecular weight is 555 g/mol. The number of thiazole rings is 1. The van der Waals surface area contributed by atoms with Gasteiger partial charge in [0, 0.05) is 11.9 Å². The van der Waals surface area contributed by atoms with Crippen molar-refractivity contribution in [1.82, 2.24) is 20.7 Å². The van der Waals surface area contributed by atoms with E-state index in [1.165, 1.54) is 30.4 Å². The van der Waals surface area contributed by atoms with Crippen molar-refractivity contribution in [3.63, 3.8) is 0 Å². The molecule has 37 heavy (non-hydrogen) atoms. The molecule has 4 rings (SSSR count). The van der Waals surface area contributed by atoms with Crippen LogP contribution in [0.2, 0.25) is 0 Å². The molecule has 2 aliphatic heterocycles. The minimum absolute atomic E-state index is 0.0128. The molecule has 0 unspecified atom stereocenters. The van der Waals surface area contributed by atoms with Crippen LogP contribution in [-0.4, -0.2) is 71.9 Å². The summed E-state index contributed by atoms with van der Waals surface area (Å²) in [5.41, 5.74) is 6.73. The maximum atomic E-state index is 13.0. The number of fused-ring (bicyclic) bond motifs is 1. The molecule has 1 fully saturated rings. The number of hydrogen-bond acceptors (Lipinski definition) is 12. The number of ether oxygens (including phenoxy) is 1. The largest absolute Gasteiger partial charge is 0.490 e. The molecular weight excluding hydrogens is 528 g/mol. The van der Waals surface area contributed by atoms with Gasteiger partial charge in [-0.25, -0.2) is 4.98 Å². The molecule has 0 bridgehead atoms. The predicted octanol–water partition coefficient (Wildman–Crippen LogP) is 0.0107. The van der Waals surface area contributed by atoms with Crippen molar-refractivity contribution in [3.8, 4) is 5.75 Å². The molecule has 1 saturated heterocycles. The van der Waals surface area contributed by atoms with E-state index in [0.29, 0.717) is 10.8 Å². The molecule has 0 aliphatic carbocycles. The van der Waals surface area contributed by atoms with Crippen molar-refractivity contribution in [3.05, 3.63) is 40.4 Å². The van der Waals surface area contributed by atoms with Crippen molar-refractivity contribution >= 4 is 44.4 Å². The molecule has 2 aromatic rings. The third kappa shape index (κ3) is 6.16. The van der Waals surface area contributed by atoms with Crippen molar-refractivity contribution in [1.29, 1.82) is 0 Å². The number of anilines is 1. The van der Waals surface area contributed by atoms with E-state index in [1.54, 1.807) is 0 Å². The second-order valence-electron chi connectivity index (χ2n) is 8.74. The second-order valence-corrected chi connectivity index (χ2v) is 10.6. The maximum Gasteiger partial charge on any atom is 0.418 e. The third-order valence-electron chi connectivity index (χ3n) is 5.76. The zero-order valence-corrected chi connectivity index (χ0v) is 21.6. The maximum absolute atomic E-state index is 13.0. The highest BCUT2D eigenvalue weighted by Gasteiger charge is 2.58. The van der Waals surface area contributed by atoms with Gasteiger partial charge in [0.25, 0.3) is 11.8 Å². The fraction of sp³-hybridized carbons (Fsp3) is 0.429. The highest BCUT2D eigenvalue weighted by molar-refractivity contribution is 7.80. The fourth-order valence-corrected chi connectivity index (χ4v) is 4.87. The topological polar surface area (TPSA) is 195 Å². The Hall–Kier alpha value is -3.31. The number of nitrogens with two attached hydrogens (primary N) is 1. The Morgan fingerprint density at radius 1 is 1.38 bits per heavy atom. The normalized spacial score (nSPS) is 19.1. The van der Waals surface area contributed by atoms with Gasteiger partial charge in [-0.15, -0.1) is 15.6 Å². The van der Waals surface area contributed by atoms with E-state index in [9.17, 15) is 18.0 Å². The Morgan fingerprint density at radius 2 is 2.16 bits per heavy atom. The van der Waals surface area contributed by atoms with Gasteiger partial charge in [0.1, 0.15) is 24.1 Å². The Morgan fingerprint density at radius 3 is 2.84 bits per heavy atom. The molecule has 3 heterocycles. The van der Waals surface area contributed by atoms with Crippen LogP contribution in [0.25, 0.3) is 0 Å². The van der Waals surface area contributed by atoms with Crippen LogP contribution in [0.5, 0.6) is 5.75 Å². The number of β-lactam (4-membered cyclic amide) rings is 1. The Kier molecular flexibility index (Phi) is 7.65. The van der Waals surface area contributed by atoms with E-state index in [0.717, 1.165) is 30.8 Å². The van der Waals surface area contributed by atoms with Crippen LogP contribution in [0.15, 0.2) is 28.7 Å². The highest BCUT2D eigenvalue weighted by Crippen LogP contribution is 2.33. The highest BCUT2D eigenvalue weighted by atomic mass is 32.3. The molecular formula is C21H26N6O8S2. The van der Waals surface area contributed by atoms with Crippen LogP contribution in [0.1, 0.15) is 30.7 Å². The molecule has 2 aliphatic rings. The van der Waals surface area contributed by atoms with Gasteiger partial charge in [-0.1, -0.05) is 11.2 Å². The van der Waals surface area contributed by atoms with E-state index in [-0.39, 0.29) is 29.8 Å². The molecule has 14 nitrogen and oxygen atoms in total. The van der Waals surface area contributed by atoms with Crippen LogP contribution in [0.4, 0.5) is 5.13 Å². The summed E-state index contributed by atoms with van der Waals surface area (Å²) in [5, 5.41) is 11.8. The quantitative estimate of drug-likeness (QED) is 0.102. The molecule has 0 spiro atoms. The van der Waals surface area contributed by atoms with Crippen molar-refractivity contribution in [2.24, 2.45) is 5.16 Å². The van der Waals surface area contributed by atoms with Crippen LogP contribution in [0.3, 0.4) is 0 Å². The lowest BCUT2D eigenvalue weighted by Gasteiger charge is -2.50. The zero-order chi connectivity index (χ0) is 26.8. The monoisotopic (exact) mass is 554 g/mol. The van der Waals surface area contributed by atoms with Crippen molar-refractivity contribution in [2.45, 2.75) is 38.4 Å². The number of hydrogen-bond donors (Lipinski definition) is 4. The first kappa shape index (κ1) is 26.7. The van der Waals surface area contributed by atoms with E-state index < -0.39 is 33.8 Å². The molecule has 16 heteroatoms. The zero-order valence-electron chi connectivity index (χ0n) is 20.0. The lowest BCUT2D eigenvalue weighted by atomic mass is 9.84. The molecule has 1 aromatic carbocycles. The summed E-state index contributed by atoms with van der Waals surface area (Å²) < 4.78 is 40.9. The summed E-state index contributed by atoms with van der Waals surface area (Å²) in [6.45, 7) is 4.79. The molecule has 2 amide bonds. The lowest BCUT2D eigenvalue weighted by Crippen LogP contribution is -2.76. The smallest absolute Gasteiger partial charge is 0.418 e. The number of oxime groups is 1.